The zero-order valence-electron chi connectivity index (χ0n) is 10.8. The van der Waals surface area contributed by atoms with Gasteiger partial charge in [0.05, 0.1) is 18.5 Å². The number of ether oxygens (including phenoxy) is 1. The molecular formula is C11H20N4O2. The third kappa shape index (κ3) is 2.97. The molecule has 0 aromatic carbocycles. The molecule has 96 valence electrons. The molecule has 1 heterocycles. The summed E-state index contributed by atoms with van der Waals surface area (Å²) in [6.45, 7) is 4.96. The highest BCUT2D eigenvalue weighted by Gasteiger charge is 2.23. The summed E-state index contributed by atoms with van der Waals surface area (Å²) in [5.41, 5.74) is 6.58. The Morgan fingerprint density at radius 3 is 2.71 bits per heavy atom. The quantitative estimate of drug-likeness (QED) is 0.813. The van der Waals surface area contributed by atoms with E-state index in [0.717, 1.165) is 0 Å². The van der Waals surface area contributed by atoms with Crippen molar-refractivity contribution < 1.29 is 9.53 Å². The largest absolute Gasteiger partial charge is 0.396 e. The van der Waals surface area contributed by atoms with E-state index >= 15 is 0 Å². The van der Waals surface area contributed by atoms with Crippen molar-refractivity contribution in [2.75, 3.05) is 26.0 Å². The number of rotatable bonds is 5. The number of anilines is 1. The second kappa shape index (κ2) is 5.67. The number of carbonyl (C=O) groups is 1. The van der Waals surface area contributed by atoms with Crippen molar-refractivity contribution in [3.05, 3.63) is 11.9 Å². The van der Waals surface area contributed by atoms with E-state index in [1.807, 2.05) is 13.8 Å². The molecule has 0 bridgehead atoms. The minimum Gasteiger partial charge on any atom is -0.396 e. The summed E-state index contributed by atoms with van der Waals surface area (Å²) in [6, 6.07) is 0.0898. The van der Waals surface area contributed by atoms with Crippen molar-refractivity contribution in [3.8, 4) is 0 Å². The van der Waals surface area contributed by atoms with Gasteiger partial charge < -0.3 is 15.4 Å². The Morgan fingerprint density at radius 2 is 2.29 bits per heavy atom. The number of methoxy groups -OCH3 is 1. The smallest absolute Gasteiger partial charge is 0.274 e. The number of carbonyl (C=O) groups excluding carboxylic acids is 1. The predicted molar refractivity (Wildman–Crippen MR) is 65.7 cm³/mol. The van der Waals surface area contributed by atoms with Crippen molar-refractivity contribution in [2.45, 2.75) is 19.9 Å². The van der Waals surface area contributed by atoms with Crippen LogP contribution in [0.3, 0.4) is 0 Å². The zero-order valence-corrected chi connectivity index (χ0v) is 10.8. The van der Waals surface area contributed by atoms with Crippen LogP contribution < -0.4 is 5.73 Å². The van der Waals surface area contributed by atoms with Crippen LogP contribution in [-0.2, 0) is 11.8 Å². The molecule has 1 rings (SSSR count). The van der Waals surface area contributed by atoms with Crippen molar-refractivity contribution in [3.63, 3.8) is 0 Å². The lowest BCUT2D eigenvalue weighted by molar-refractivity contribution is 0.0625. The molecule has 0 saturated heterocycles. The summed E-state index contributed by atoms with van der Waals surface area (Å²) < 4.78 is 6.50. The normalized spacial score (nSPS) is 10.9. The maximum atomic E-state index is 12.3. The minimum absolute atomic E-state index is 0.0898. The average Bonchev–Trinajstić information content (AvgIpc) is 2.58. The lowest BCUT2D eigenvalue weighted by Gasteiger charge is -2.26. The number of nitrogens with zero attached hydrogens (tertiary/aromatic N) is 3. The van der Waals surface area contributed by atoms with Gasteiger partial charge >= 0.3 is 0 Å². The molecule has 0 unspecified atom stereocenters. The number of nitrogen functional groups attached to an aromatic ring is 1. The van der Waals surface area contributed by atoms with Gasteiger partial charge in [0.2, 0.25) is 0 Å². The summed E-state index contributed by atoms with van der Waals surface area (Å²) in [6.07, 6.45) is 1.49. The molecule has 1 amide bonds. The van der Waals surface area contributed by atoms with E-state index in [1.54, 1.807) is 19.1 Å². The van der Waals surface area contributed by atoms with Crippen molar-refractivity contribution in [1.29, 1.82) is 0 Å². The molecular weight excluding hydrogens is 220 g/mol. The molecule has 6 nitrogen and oxygen atoms in total. The highest BCUT2D eigenvalue weighted by Crippen LogP contribution is 2.14. The lowest BCUT2D eigenvalue weighted by Crippen LogP contribution is -2.40. The van der Waals surface area contributed by atoms with Gasteiger partial charge in [-0.3, -0.25) is 9.48 Å². The van der Waals surface area contributed by atoms with Gasteiger partial charge in [-0.15, -0.1) is 0 Å². The van der Waals surface area contributed by atoms with Crippen LogP contribution in [0.1, 0.15) is 24.3 Å². The SMILES string of the molecule is COCCN(C(=O)c1c(N)cnn1C)C(C)C. The molecule has 0 aliphatic heterocycles. The second-order valence-corrected chi connectivity index (χ2v) is 4.16. The van der Waals surface area contributed by atoms with Crippen LogP contribution in [0.5, 0.6) is 0 Å². The fourth-order valence-electron chi connectivity index (χ4n) is 1.64. The number of amides is 1. The zero-order chi connectivity index (χ0) is 13.0. The third-order valence-corrected chi connectivity index (χ3v) is 2.59. The highest BCUT2D eigenvalue weighted by molar-refractivity contribution is 5.97. The number of hydrogen-bond acceptors (Lipinski definition) is 4. The Hall–Kier alpha value is -1.56. The second-order valence-electron chi connectivity index (χ2n) is 4.16. The summed E-state index contributed by atoms with van der Waals surface area (Å²) in [4.78, 5) is 14.0. The van der Waals surface area contributed by atoms with Crippen molar-refractivity contribution in [1.82, 2.24) is 14.7 Å². The van der Waals surface area contributed by atoms with Crippen LogP contribution in [0.15, 0.2) is 6.20 Å². The van der Waals surface area contributed by atoms with Crippen LogP contribution in [0.2, 0.25) is 0 Å². The summed E-state index contributed by atoms with van der Waals surface area (Å²) in [5, 5.41) is 3.97. The molecule has 2 N–H and O–H groups in total. The standard InChI is InChI=1S/C11H20N4O2/c1-8(2)15(5-6-17-4)11(16)10-9(12)7-13-14(10)3/h7-8H,5-6,12H2,1-4H3. The van der Waals surface area contributed by atoms with Crippen LogP contribution in [0, 0.1) is 0 Å². The Morgan fingerprint density at radius 1 is 1.65 bits per heavy atom. The van der Waals surface area contributed by atoms with Gasteiger partial charge in [-0.05, 0) is 13.8 Å². The molecule has 1 aromatic heterocycles. The highest BCUT2D eigenvalue weighted by atomic mass is 16.5. The monoisotopic (exact) mass is 240 g/mol. The molecule has 1 aromatic rings. The first kappa shape index (κ1) is 13.5. The maximum Gasteiger partial charge on any atom is 0.274 e. The van der Waals surface area contributed by atoms with E-state index in [4.69, 9.17) is 10.5 Å². The van der Waals surface area contributed by atoms with Gasteiger partial charge in [-0.1, -0.05) is 0 Å². The minimum atomic E-state index is -0.116. The topological polar surface area (TPSA) is 73.4 Å². The van der Waals surface area contributed by atoms with Crippen LogP contribution in [0.4, 0.5) is 5.69 Å². The first-order valence-electron chi connectivity index (χ1n) is 5.56. The number of nitrogens with two attached hydrogens (primary N) is 1. The first-order valence-corrected chi connectivity index (χ1v) is 5.56. The maximum absolute atomic E-state index is 12.3. The first-order chi connectivity index (χ1) is 7.99. The van der Waals surface area contributed by atoms with Crippen LogP contribution in [-0.4, -0.2) is 46.9 Å². The van der Waals surface area contributed by atoms with Gasteiger partial charge in [0.1, 0.15) is 5.69 Å². The fraction of sp³-hybridized carbons (Fsp3) is 0.636. The Balaban J connectivity index is 2.92. The average molecular weight is 240 g/mol. The van der Waals surface area contributed by atoms with E-state index in [-0.39, 0.29) is 11.9 Å². The molecule has 6 heteroatoms. The van der Waals surface area contributed by atoms with Gasteiger partial charge in [0.25, 0.3) is 5.91 Å². The molecule has 0 radical (unpaired) electrons. The van der Waals surface area contributed by atoms with Crippen LogP contribution >= 0.6 is 0 Å². The van der Waals surface area contributed by atoms with Crippen LogP contribution in [0.25, 0.3) is 0 Å². The summed E-state index contributed by atoms with van der Waals surface area (Å²) in [5.74, 6) is -0.116. The summed E-state index contributed by atoms with van der Waals surface area (Å²) >= 11 is 0. The fourth-order valence-corrected chi connectivity index (χ4v) is 1.64. The van der Waals surface area contributed by atoms with E-state index < -0.39 is 0 Å². The number of hydrogen-bond donors (Lipinski definition) is 1. The van der Waals surface area contributed by atoms with E-state index in [1.165, 1.54) is 10.9 Å². The van der Waals surface area contributed by atoms with Gasteiger partial charge in [0, 0.05) is 26.7 Å². The van der Waals surface area contributed by atoms with Crippen molar-refractivity contribution >= 4 is 11.6 Å². The van der Waals surface area contributed by atoms with Crippen molar-refractivity contribution in [2.24, 2.45) is 7.05 Å². The molecule has 0 spiro atoms. The Labute approximate surface area is 101 Å². The van der Waals surface area contributed by atoms with E-state index in [0.29, 0.717) is 24.5 Å². The van der Waals surface area contributed by atoms with Gasteiger partial charge in [-0.2, -0.15) is 5.10 Å². The van der Waals surface area contributed by atoms with E-state index in [2.05, 4.69) is 5.10 Å². The van der Waals surface area contributed by atoms with Gasteiger partial charge in [0.15, 0.2) is 0 Å². The molecule has 0 saturated carbocycles. The van der Waals surface area contributed by atoms with Gasteiger partial charge in [-0.25, -0.2) is 0 Å². The van der Waals surface area contributed by atoms with E-state index in [9.17, 15) is 4.79 Å². The molecule has 0 fully saturated rings. The Bertz CT molecular complexity index is 367. The number of aryl methyl sites for hydroxylation is 1. The molecule has 0 atom stereocenters. The molecule has 17 heavy (non-hydrogen) atoms. The molecule has 0 aliphatic carbocycles. The molecule has 0 aliphatic rings. The summed E-state index contributed by atoms with van der Waals surface area (Å²) in [7, 11) is 3.32. The number of aromatic nitrogens is 2. The lowest BCUT2D eigenvalue weighted by atomic mass is 10.2. The Kier molecular flexibility index (Phi) is 4.51. The third-order valence-electron chi connectivity index (χ3n) is 2.59. The predicted octanol–water partition coefficient (Wildman–Crippen LogP) is 0.499.